The predicted octanol–water partition coefficient (Wildman–Crippen LogP) is 1.33. The van der Waals surface area contributed by atoms with Gasteiger partial charge in [0, 0.05) is 41.4 Å². The predicted molar refractivity (Wildman–Crippen MR) is 125 cm³/mol. The first-order valence-electron chi connectivity index (χ1n) is 11.9. The van der Waals surface area contributed by atoms with Gasteiger partial charge in [0.2, 0.25) is 5.88 Å². The van der Waals surface area contributed by atoms with Crippen molar-refractivity contribution in [2.75, 3.05) is 20.3 Å². The first-order valence-corrected chi connectivity index (χ1v) is 11.9. The highest BCUT2D eigenvalue weighted by Gasteiger charge is 2.56. The summed E-state index contributed by atoms with van der Waals surface area (Å²) in [5.41, 5.74) is 0.238. The maximum atomic E-state index is 14.7. The Morgan fingerprint density at radius 1 is 1.16 bits per heavy atom. The average molecular weight is 547 g/mol. The van der Waals surface area contributed by atoms with Gasteiger partial charge >= 0.3 is 12.1 Å². The van der Waals surface area contributed by atoms with Crippen molar-refractivity contribution in [3.8, 4) is 11.6 Å². The minimum absolute atomic E-state index is 0.0112. The van der Waals surface area contributed by atoms with Gasteiger partial charge in [-0.2, -0.15) is 0 Å². The molecule has 2 heterocycles. The zero-order valence-corrected chi connectivity index (χ0v) is 21.6. The second-order valence-corrected chi connectivity index (χ2v) is 8.96. The van der Waals surface area contributed by atoms with Crippen LogP contribution in [0.2, 0.25) is 0 Å². The molecule has 5 atom stereocenters. The topological polar surface area (TPSA) is 162 Å². The van der Waals surface area contributed by atoms with E-state index in [9.17, 15) is 34.0 Å². The molecule has 3 rings (SSSR count). The van der Waals surface area contributed by atoms with E-state index in [1.807, 2.05) is 0 Å². The number of nitrogens with zero attached hydrogens (tertiary/aromatic N) is 2. The van der Waals surface area contributed by atoms with E-state index in [1.54, 1.807) is 27.7 Å². The first-order chi connectivity index (χ1) is 17.8. The number of aromatic nitrogens is 2. The fraction of sp³-hybridized carbons (Fsp3) is 0.583. The number of aliphatic hydroxyl groups excluding tert-OH is 3. The largest absolute Gasteiger partial charge is 0.508 e. The Kier molecular flexibility index (Phi) is 9.15. The molecule has 1 aliphatic heterocycles. The highest BCUT2D eigenvalue weighted by Crippen LogP contribution is 2.35. The average Bonchev–Trinajstić information content (AvgIpc) is 3.16. The minimum Gasteiger partial charge on any atom is -0.497 e. The Labute approximate surface area is 217 Å². The van der Waals surface area contributed by atoms with Crippen LogP contribution in [0.3, 0.4) is 0 Å². The lowest BCUT2D eigenvalue weighted by Crippen LogP contribution is -2.67. The third kappa shape index (κ3) is 5.99. The lowest BCUT2D eigenvalue weighted by Gasteiger charge is -2.44. The van der Waals surface area contributed by atoms with E-state index in [0.717, 1.165) is 12.1 Å². The summed E-state index contributed by atoms with van der Waals surface area (Å²) < 4.78 is 56.1. The second kappa shape index (κ2) is 11.8. The molecule has 0 saturated carbocycles. The highest BCUT2D eigenvalue weighted by molar-refractivity contribution is 5.59. The summed E-state index contributed by atoms with van der Waals surface area (Å²) in [5, 5.41) is 46.5. The van der Waals surface area contributed by atoms with Crippen LogP contribution < -0.4 is 9.47 Å². The van der Waals surface area contributed by atoms with E-state index in [1.165, 1.54) is 11.8 Å². The summed E-state index contributed by atoms with van der Waals surface area (Å²) in [6, 6.07) is 1.77. The molecule has 1 fully saturated rings. The third-order valence-corrected chi connectivity index (χ3v) is 6.05. The maximum Gasteiger partial charge on any atom is 0.508 e. The fourth-order valence-electron chi connectivity index (χ4n) is 4.00. The summed E-state index contributed by atoms with van der Waals surface area (Å²) in [6.45, 7) is 6.06. The number of hydrogen-bond acceptors (Lipinski definition) is 11. The number of carbonyl (C=O) groups excluding carboxylic acids is 1. The summed E-state index contributed by atoms with van der Waals surface area (Å²) in [4.78, 5) is 11.5. The van der Waals surface area contributed by atoms with Crippen molar-refractivity contribution in [2.24, 2.45) is 0 Å². The van der Waals surface area contributed by atoms with Gasteiger partial charge in [0.25, 0.3) is 0 Å². The van der Waals surface area contributed by atoms with Crippen LogP contribution in [-0.2, 0) is 20.6 Å². The minimum atomic E-state index is -3.00. The first kappa shape index (κ1) is 29.5. The van der Waals surface area contributed by atoms with E-state index in [2.05, 4.69) is 9.84 Å². The molecule has 1 aliphatic rings. The number of hydrogen-bond donors (Lipinski definition) is 4. The van der Waals surface area contributed by atoms with E-state index < -0.39 is 54.8 Å². The number of aliphatic hydroxyl groups is 4. The molecule has 0 bridgehead atoms. The van der Waals surface area contributed by atoms with E-state index in [-0.39, 0.29) is 41.8 Å². The smallest absolute Gasteiger partial charge is 0.497 e. The Morgan fingerprint density at radius 2 is 1.79 bits per heavy atom. The standard InChI is InChI=1S/C24H32F2N2O10/c1-6-35-23(32)36-10-18-19(29)20(30)21(31)24(33,37-18)38-22-14(12(4)28(27-22)11(2)3)9-15-16(25)7-13(34-5)8-17(15)26/h7-8,11,18-21,29-31,33H,6,9-10H2,1-5H3/t18-,19-,20+,21-,24-/m1/s1. The molecule has 0 amide bonds. The third-order valence-electron chi connectivity index (χ3n) is 6.05. The summed E-state index contributed by atoms with van der Waals surface area (Å²) in [6.07, 6.45) is -9.04. The molecular formula is C24H32F2N2O10. The zero-order valence-electron chi connectivity index (χ0n) is 21.6. The molecule has 1 aromatic carbocycles. The summed E-state index contributed by atoms with van der Waals surface area (Å²) in [7, 11) is 1.27. The van der Waals surface area contributed by atoms with Crippen molar-refractivity contribution in [3.63, 3.8) is 0 Å². The molecule has 0 spiro atoms. The van der Waals surface area contributed by atoms with E-state index >= 15 is 0 Å². The van der Waals surface area contributed by atoms with Gasteiger partial charge in [-0.05, 0) is 27.7 Å². The van der Waals surface area contributed by atoms with Crippen molar-refractivity contribution in [3.05, 3.63) is 40.6 Å². The molecule has 12 nitrogen and oxygen atoms in total. The molecule has 1 saturated heterocycles. The molecule has 14 heteroatoms. The number of benzene rings is 1. The van der Waals surface area contributed by atoms with Crippen LogP contribution >= 0.6 is 0 Å². The second-order valence-electron chi connectivity index (χ2n) is 8.96. The summed E-state index contributed by atoms with van der Waals surface area (Å²) in [5.74, 6) is -5.18. The molecule has 38 heavy (non-hydrogen) atoms. The number of ether oxygens (including phenoxy) is 5. The van der Waals surface area contributed by atoms with Crippen molar-refractivity contribution < 1.29 is 57.7 Å². The van der Waals surface area contributed by atoms with Crippen LogP contribution in [0.1, 0.15) is 43.6 Å². The molecule has 4 N–H and O–H groups in total. The fourth-order valence-corrected chi connectivity index (χ4v) is 4.00. The van der Waals surface area contributed by atoms with Gasteiger partial charge in [-0.25, -0.2) is 13.6 Å². The molecule has 212 valence electrons. The van der Waals surface area contributed by atoms with Gasteiger partial charge in [0.1, 0.15) is 42.3 Å². The zero-order chi connectivity index (χ0) is 28.4. The Morgan fingerprint density at radius 3 is 2.34 bits per heavy atom. The molecule has 1 aromatic heterocycles. The van der Waals surface area contributed by atoms with Gasteiger partial charge in [-0.15, -0.1) is 5.10 Å². The van der Waals surface area contributed by atoms with Gasteiger partial charge < -0.3 is 44.1 Å². The van der Waals surface area contributed by atoms with Crippen molar-refractivity contribution in [2.45, 2.75) is 70.5 Å². The molecule has 0 unspecified atom stereocenters. The molecular weight excluding hydrogens is 514 g/mol. The quantitative estimate of drug-likeness (QED) is 0.265. The Bertz CT molecular complexity index is 1120. The number of methoxy groups -OCH3 is 1. The molecule has 2 aromatic rings. The highest BCUT2D eigenvalue weighted by atomic mass is 19.1. The van der Waals surface area contributed by atoms with Crippen LogP contribution in [-0.4, -0.2) is 87.1 Å². The van der Waals surface area contributed by atoms with Crippen LogP contribution in [0, 0.1) is 18.6 Å². The number of rotatable bonds is 9. The van der Waals surface area contributed by atoms with E-state index in [4.69, 9.17) is 18.9 Å². The SMILES string of the molecule is CCOC(=O)OC[C@H]1O[C@@](O)(Oc2nn(C(C)C)c(C)c2Cc2c(F)cc(OC)cc2F)[C@H](O)[C@@H](O)[C@@H]1O. The monoisotopic (exact) mass is 546 g/mol. The van der Waals surface area contributed by atoms with Gasteiger partial charge in [0.15, 0.2) is 6.10 Å². The Hall–Kier alpha value is -3.04. The normalized spacial score (nSPS) is 25.4. The molecule has 0 aliphatic carbocycles. The number of halogens is 2. The summed E-state index contributed by atoms with van der Waals surface area (Å²) >= 11 is 0. The Balaban J connectivity index is 1.96. The van der Waals surface area contributed by atoms with Crippen LogP contribution in [0.25, 0.3) is 0 Å². The van der Waals surface area contributed by atoms with Gasteiger partial charge in [-0.1, -0.05) is 0 Å². The lowest BCUT2D eigenvalue weighted by molar-refractivity contribution is -0.423. The van der Waals surface area contributed by atoms with E-state index in [0.29, 0.717) is 5.69 Å². The van der Waals surface area contributed by atoms with Gasteiger partial charge in [-0.3, -0.25) is 4.68 Å². The molecule has 0 radical (unpaired) electrons. The van der Waals surface area contributed by atoms with Gasteiger partial charge in [0.05, 0.1) is 13.7 Å². The van der Waals surface area contributed by atoms with Crippen LogP contribution in [0.15, 0.2) is 12.1 Å². The van der Waals surface area contributed by atoms with Crippen LogP contribution in [0.4, 0.5) is 13.6 Å². The maximum absolute atomic E-state index is 14.7. The van der Waals surface area contributed by atoms with Crippen molar-refractivity contribution in [1.82, 2.24) is 9.78 Å². The number of carbonyl (C=O) groups is 1. The van der Waals surface area contributed by atoms with Crippen molar-refractivity contribution in [1.29, 1.82) is 0 Å². The van der Waals surface area contributed by atoms with Crippen LogP contribution in [0.5, 0.6) is 11.6 Å². The lowest BCUT2D eigenvalue weighted by atomic mass is 9.97. The van der Waals surface area contributed by atoms with Crippen molar-refractivity contribution >= 4 is 6.16 Å².